The van der Waals surface area contributed by atoms with Crippen molar-refractivity contribution in [2.24, 2.45) is 4.99 Å². The van der Waals surface area contributed by atoms with Crippen molar-refractivity contribution in [3.05, 3.63) is 30.3 Å². The first-order valence-electron chi connectivity index (χ1n) is 7.64. The molecule has 1 fully saturated rings. The molecule has 1 aliphatic rings. The summed E-state index contributed by atoms with van der Waals surface area (Å²) in [7, 11) is 1.84. The smallest absolute Gasteiger partial charge is 0.191 e. The summed E-state index contributed by atoms with van der Waals surface area (Å²) < 4.78 is 0. The number of rotatable bonds is 6. The fourth-order valence-electron chi connectivity index (χ4n) is 2.54. The van der Waals surface area contributed by atoms with Crippen molar-refractivity contribution < 1.29 is 0 Å². The van der Waals surface area contributed by atoms with Gasteiger partial charge in [0.15, 0.2) is 5.96 Å². The molecule has 4 heteroatoms. The molecule has 0 bridgehead atoms. The van der Waals surface area contributed by atoms with Crippen molar-refractivity contribution in [3.8, 4) is 0 Å². The van der Waals surface area contributed by atoms with Gasteiger partial charge in [0.2, 0.25) is 0 Å². The molecule has 1 aliphatic carbocycles. The number of nitrogens with zero attached hydrogens (tertiary/aromatic N) is 1. The van der Waals surface area contributed by atoms with Crippen molar-refractivity contribution in [1.29, 1.82) is 0 Å². The standard InChI is InChI=1S/C16H26N4/c1-17-16(20-15-10-5-6-11-15)19-13-7-12-18-14-8-3-2-4-9-14/h2-4,8-9,15,18H,5-7,10-13H2,1H3,(H2,17,19,20). The summed E-state index contributed by atoms with van der Waals surface area (Å²) in [6.07, 6.45) is 6.30. The molecule has 0 aliphatic heterocycles. The Balaban J connectivity index is 1.57. The van der Waals surface area contributed by atoms with Crippen LogP contribution in [0, 0.1) is 0 Å². The average Bonchev–Trinajstić information content (AvgIpc) is 3.00. The van der Waals surface area contributed by atoms with Crippen LogP contribution in [0.25, 0.3) is 0 Å². The minimum Gasteiger partial charge on any atom is -0.385 e. The molecule has 20 heavy (non-hydrogen) atoms. The van der Waals surface area contributed by atoms with Crippen molar-refractivity contribution in [1.82, 2.24) is 10.6 Å². The monoisotopic (exact) mass is 274 g/mol. The molecule has 2 rings (SSSR count). The van der Waals surface area contributed by atoms with E-state index in [0.29, 0.717) is 6.04 Å². The fraction of sp³-hybridized carbons (Fsp3) is 0.562. The number of hydrogen-bond donors (Lipinski definition) is 3. The quantitative estimate of drug-likeness (QED) is 0.424. The number of hydrogen-bond acceptors (Lipinski definition) is 2. The molecule has 4 nitrogen and oxygen atoms in total. The molecule has 0 heterocycles. The van der Waals surface area contributed by atoms with E-state index in [2.05, 4.69) is 33.1 Å². The van der Waals surface area contributed by atoms with Crippen molar-refractivity contribution in [3.63, 3.8) is 0 Å². The lowest BCUT2D eigenvalue weighted by atomic mass is 10.2. The van der Waals surface area contributed by atoms with Gasteiger partial charge in [-0.1, -0.05) is 31.0 Å². The third-order valence-electron chi connectivity index (χ3n) is 3.67. The van der Waals surface area contributed by atoms with Gasteiger partial charge >= 0.3 is 0 Å². The first kappa shape index (κ1) is 14.7. The largest absolute Gasteiger partial charge is 0.385 e. The summed E-state index contributed by atoms with van der Waals surface area (Å²) in [4.78, 5) is 4.28. The van der Waals surface area contributed by atoms with Crippen LogP contribution in [-0.4, -0.2) is 32.1 Å². The number of benzene rings is 1. The zero-order valence-corrected chi connectivity index (χ0v) is 12.4. The molecule has 0 atom stereocenters. The molecule has 1 aromatic carbocycles. The van der Waals surface area contributed by atoms with Crippen LogP contribution >= 0.6 is 0 Å². The minimum absolute atomic E-state index is 0.614. The Morgan fingerprint density at radius 1 is 1.15 bits per heavy atom. The SMILES string of the molecule is CN=C(NCCCNc1ccccc1)NC1CCCC1. The Hall–Kier alpha value is -1.71. The lowest BCUT2D eigenvalue weighted by Crippen LogP contribution is -2.42. The topological polar surface area (TPSA) is 48.5 Å². The summed E-state index contributed by atoms with van der Waals surface area (Å²) in [5, 5.41) is 10.3. The predicted octanol–water partition coefficient (Wildman–Crippen LogP) is 2.60. The number of aliphatic imine (C=N–C) groups is 1. The molecule has 110 valence electrons. The number of anilines is 1. The van der Waals surface area contributed by atoms with Crippen LogP contribution < -0.4 is 16.0 Å². The Kier molecular flexibility index (Phi) is 6.21. The van der Waals surface area contributed by atoms with Crippen molar-refractivity contribution in [2.75, 3.05) is 25.5 Å². The maximum Gasteiger partial charge on any atom is 0.191 e. The first-order chi connectivity index (χ1) is 9.88. The highest BCUT2D eigenvalue weighted by Gasteiger charge is 2.15. The second-order valence-corrected chi connectivity index (χ2v) is 5.27. The van der Waals surface area contributed by atoms with E-state index in [1.165, 1.54) is 31.4 Å². The normalized spacial score (nSPS) is 16.1. The van der Waals surface area contributed by atoms with Crippen LogP contribution in [0.3, 0.4) is 0 Å². The summed E-state index contributed by atoms with van der Waals surface area (Å²) in [6.45, 7) is 1.91. The predicted molar refractivity (Wildman–Crippen MR) is 86.3 cm³/mol. The second-order valence-electron chi connectivity index (χ2n) is 5.27. The molecule has 0 unspecified atom stereocenters. The molecular weight excluding hydrogens is 248 g/mol. The van der Waals surface area contributed by atoms with E-state index in [1.807, 2.05) is 25.2 Å². The maximum absolute atomic E-state index is 4.28. The minimum atomic E-state index is 0.614. The third kappa shape index (κ3) is 5.11. The lowest BCUT2D eigenvalue weighted by molar-refractivity contribution is 0.612. The van der Waals surface area contributed by atoms with E-state index >= 15 is 0 Å². The van der Waals surface area contributed by atoms with Gasteiger partial charge in [0.25, 0.3) is 0 Å². The highest BCUT2D eigenvalue weighted by Crippen LogP contribution is 2.17. The van der Waals surface area contributed by atoms with Gasteiger partial charge in [-0.3, -0.25) is 4.99 Å². The van der Waals surface area contributed by atoms with E-state index in [4.69, 9.17) is 0 Å². The van der Waals surface area contributed by atoms with Crippen LogP contribution in [0.2, 0.25) is 0 Å². The van der Waals surface area contributed by atoms with E-state index in [0.717, 1.165) is 25.5 Å². The zero-order chi connectivity index (χ0) is 14.0. The Morgan fingerprint density at radius 2 is 1.90 bits per heavy atom. The van der Waals surface area contributed by atoms with Crippen LogP contribution in [0.5, 0.6) is 0 Å². The summed E-state index contributed by atoms with van der Waals surface area (Å²) in [6, 6.07) is 10.9. The first-order valence-corrected chi connectivity index (χ1v) is 7.64. The number of para-hydroxylation sites is 1. The van der Waals surface area contributed by atoms with Gasteiger partial charge in [-0.2, -0.15) is 0 Å². The van der Waals surface area contributed by atoms with Crippen LogP contribution in [0.1, 0.15) is 32.1 Å². The van der Waals surface area contributed by atoms with Crippen LogP contribution in [0.15, 0.2) is 35.3 Å². The van der Waals surface area contributed by atoms with E-state index in [9.17, 15) is 0 Å². The summed E-state index contributed by atoms with van der Waals surface area (Å²) in [5.74, 6) is 0.941. The van der Waals surface area contributed by atoms with Gasteiger partial charge in [-0.15, -0.1) is 0 Å². The van der Waals surface area contributed by atoms with Gasteiger partial charge in [0.05, 0.1) is 0 Å². The van der Waals surface area contributed by atoms with E-state index in [-0.39, 0.29) is 0 Å². The van der Waals surface area contributed by atoms with Crippen LogP contribution in [0.4, 0.5) is 5.69 Å². The van der Waals surface area contributed by atoms with Crippen molar-refractivity contribution in [2.45, 2.75) is 38.1 Å². The summed E-state index contributed by atoms with van der Waals surface area (Å²) in [5.41, 5.74) is 1.18. The molecule has 0 spiro atoms. The van der Waals surface area contributed by atoms with Gasteiger partial charge in [-0.25, -0.2) is 0 Å². The Morgan fingerprint density at radius 3 is 2.60 bits per heavy atom. The summed E-state index contributed by atoms with van der Waals surface area (Å²) >= 11 is 0. The molecule has 1 aromatic rings. The average molecular weight is 274 g/mol. The van der Waals surface area contributed by atoms with Gasteiger partial charge < -0.3 is 16.0 Å². The zero-order valence-electron chi connectivity index (χ0n) is 12.4. The van der Waals surface area contributed by atoms with E-state index < -0.39 is 0 Å². The second kappa shape index (κ2) is 8.46. The van der Waals surface area contributed by atoms with Gasteiger partial charge in [0.1, 0.15) is 0 Å². The molecule has 1 saturated carbocycles. The van der Waals surface area contributed by atoms with E-state index in [1.54, 1.807) is 0 Å². The maximum atomic E-state index is 4.28. The Labute approximate surface area is 122 Å². The molecule has 0 saturated heterocycles. The lowest BCUT2D eigenvalue weighted by Gasteiger charge is -2.16. The third-order valence-corrected chi connectivity index (χ3v) is 3.67. The number of guanidine groups is 1. The highest BCUT2D eigenvalue weighted by atomic mass is 15.2. The van der Waals surface area contributed by atoms with Crippen molar-refractivity contribution >= 4 is 11.6 Å². The molecule has 0 radical (unpaired) electrons. The molecule has 0 aromatic heterocycles. The van der Waals surface area contributed by atoms with Crippen LogP contribution in [-0.2, 0) is 0 Å². The molecule has 3 N–H and O–H groups in total. The highest BCUT2D eigenvalue weighted by molar-refractivity contribution is 5.79. The molecular formula is C16H26N4. The van der Waals surface area contributed by atoms with Gasteiger partial charge in [0, 0.05) is 31.9 Å². The van der Waals surface area contributed by atoms with Gasteiger partial charge in [-0.05, 0) is 31.4 Å². The fourth-order valence-corrected chi connectivity index (χ4v) is 2.54. The Bertz CT molecular complexity index is 396. The number of nitrogens with one attached hydrogen (secondary N) is 3. The molecule has 0 amide bonds.